The summed E-state index contributed by atoms with van der Waals surface area (Å²) >= 11 is 0. The highest BCUT2D eigenvalue weighted by molar-refractivity contribution is 7.45. The minimum atomic E-state index is -4.60. The smallest absolute Gasteiger partial charge is 0.268 e. The molecule has 9 heteroatoms. The number of phosphoric acid groups is 1. The first-order chi connectivity index (χ1) is 34.0. The van der Waals surface area contributed by atoms with Crippen LogP contribution in [0.25, 0.3) is 0 Å². The van der Waals surface area contributed by atoms with E-state index in [-0.39, 0.29) is 12.5 Å². The molecule has 0 spiro atoms. The average molecular weight is 1010 g/mol. The number of unbranched alkanes of at least 4 members (excludes halogenated alkanes) is 39. The van der Waals surface area contributed by atoms with Crippen LogP contribution in [0.5, 0.6) is 0 Å². The lowest BCUT2D eigenvalue weighted by molar-refractivity contribution is -0.870. The highest BCUT2D eigenvalue weighted by Crippen LogP contribution is 2.38. The molecule has 0 rings (SSSR count). The second-order valence-corrected chi connectivity index (χ2v) is 23.5. The van der Waals surface area contributed by atoms with Crippen LogP contribution in [0.15, 0.2) is 36.5 Å². The fraction of sp³-hybridized carbons (Fsp3) is 0.885. The van der Waals surface area contributed by atoms with Gasteiger partial charge in [0.15, 0.2) is 0 Å². The van der Waals surface area contributed by atoms with Crippen LogP contribution < -0.4 is 10.2 Å². The molecule has 2 N–H and O–H groups in total. The van der Waals surface area contributed by atoms with Crippen LogP contribution >= 0.6 is 7.82 Å². The SMILES string of the molecule is CCCCCCC/C=C/CC/C=C/CC/C=C/C(O)C(COP(=O)([O-])OCC[N+](C)(C)C)NC(=O)CCCCCCCCCCCCCCCCCCCCCCCCCCCCCCCCCCC. The molecule has 0 saturated heterocycles. The Labute approximate surface area is 436 Å². The third-order valence-corrected chi connectivity index (χ3v) is 14.8. The third kappa shape index (κ3) is 54.5. The Hall–Kier alpha value is -1.28. The molecule has 0 saturated carbocycles. The van der Waals surface area contributed by atoms with Gasteiger partial charge >= 0.3 is 0 Å². The van der Waals surface area contributed by atoms with Crippen molar-refractivity contribution in [1.29, 1.82) is 0 Å². The zero-order chi connectivity index (χ0) is 51.3. The summed E-state index contributed by atoms with van der Waals surface area (Å²) in [4.78, 5) is 25.5. The van der Waals surface area contributed by atoms with Gasteiger partial charge in [0.25, 0.3) is 7.82 Å². The second-order valence-electron chi connectivity index (χ2n) is 22.0. The Morgan fingerprint density at radius 3 is 1.16 bits per heavy atom. The van der Waals surface area contributed by atoms with E-state index in [1.165, 1.54) is 231 Å². The lowest BCUT2D eigenvalue weighted by atomic mass is 10.0. The Balaban J connectivity index is 4.01. The Kier molecular flexibility index (Phi) is 51.6. The number of hydrogen-bond acceptors (Lipinski definition) is 6. The van der Waals surface area contributed by atoms with Crippen molar-refractivity contribution in [2.45, 2.75) is 309 Å². The summed E-state index contributed by atoms with van der Waals surface area (Å²) in [6.07, 6.45) is 68.3. The van der Waals surface area contributed by atoms with E-state index in [0.29, 0.717) is 17.4 Å². The van der Waals surface area contributed by atoms with Gasteiger partial charge in [-0.3, -0.25) is 9.36 Å². The minimum absolute atomic E-state index is 0.00752. The molecule has 70 heavy (non-hydrogen) atoms. The summed E-state index contributed by atoms with van der Waals surface area (Å²) in [6, 6.07) is -0.907. The molecule has 0 aliphatic heterocycles. The number of rotatable bonds is 56. The van der Waals surface area contributed by atoms with Crippen molar-refractivity contribution in [3.63, 3.8) is 0 Å². The summed E-state index contributed by atoms with van der Waals surface area (Å²) in [5, 5.41) is 13.8. The van der Waals surface area contributed by atoms with Crippen molar-refractivity contribution in [1.82, 2.24) is 5.32 Å². The van der Waals surface area contributed by atoms with E-state index in [2.05, 4.69) is 43.5 Å². The quantitative estimate of drug-likeness (QED) is 0.0272. The van der Waals surface area contributed by atoms with Crippen LogP contribution in [0.1, 0.15) is 296 Å². The molecule has 1 amide bonds. The monoisotopic (exact) mass is 1010 g/mol. The van der Waals surface area contributed by atoms with E-state index in [4.69, 9.17) is 9.05 Å². The first-order valence-electron chi connectivity index (χ1n) is 30.4. The van der Waals surface area contributed by atoms with Gasteiger partial charge in [0.1, 0.15) is 13.2 Å². The van der Waals surface area contributed by atoms with Gasteiger partial charge < -0.3 is 28.8 Å². The maximum atomic E-state index is 13.0. The van der Waals surface area contributed by atoms with Crippen molar-refractivity contribution >= 4 is 13.7 Å². The summed E-state index contributed by atoms with van der Waals surface area (Å²) in [5.74, 6) is -0.207. The molecule has 3 unspecified atom stereocenters. The molecule has 0 aromatic carbocycles. The van der Waals surface area contributed by atoms with Crippen molar-refractivity contribution in [2.24, 2.45) is 0 Å². The molecule has 0 heterocycles. The second kappa shape index (κ2) is 52.6. The largest absolute Gasteiger partial charge is 0.756 e. The maximum Gasteiger partial charge on any atom is 0.268 e. The lowest BCUT2D eigenvalue weighted by Crippen LogP contribution is -2.45. The van der Waals surface area contributed by atoms with Gasteiger partial charge in [0.2, 0.25) is 5.91 Å². The number of hydrogen-bond donors (Lipinski definition) is 2. The predicted octanol–water partition coefficient (Wildman–Crippen LogP) is 17.9. The zero-order valence-corrected chi connectivity index (χ0v) is 48.1. The molecule has 0 aromatic rings. The predicted molar refractivity (Wildman–Crippen MR) is 302 cm³/mol. The first-order valence-corrected chi connectivity index (χ1v) is 31.8. The first kappa shape index (κ1) is 68.7. The standard InChI is InChI=1S/C61H119N2O6P/c1-6-8-10-12-14-16-18-20-22-23-24-25-26-27-28-29-30-31-32-33-34-35-36-37-38-39-41-43-45-47-49-51-53-55-61(65)62-59(58-69-70(66,67)68-57-56-63(3,4)5)60(64)54-52-50-48-46-44-42-40-21-19-17-15-13-11-9-7-2/h19,21,44,46,52,54,59-60,64H,6-18,20,22-43,45,47-51,53,55-58H2,1-5H3,(H-,62,65,66,67)/b21-19+,46-44+,54-52+. The number of quaternary nitrogens is 1. The highest BCUT2D eigenvalue weighted by atomic mass is 31.2. The van der Waals surface area contributed by atoms with Crippen LogP contribution in [0.3, 0.4) is 0 Å². The van der Waals surface area contributed by atoms with Crippen LogP contribution in [0.4, 0.5) is 0 Å². The molecule has 8 nitrogen and oxygen atoms in total. The number of allylic oxidation sites excluding steroid dienone is 5. The van der Waals surface area contributed by atoms with Gasteiger partial charge in [-0.1, -0.05) is 281 Å². The van der Waals surface area contributed by atoms with E-state index >= 15 is 0 Å². The summed E-state index contributed by atoms with van der Waals surface area (Å²) < 4.78 is 23.3. The molecule has 0 aliphatic rings. The fourth-order valence-electron chi connectivity index (χ4n) is 9.07. The number of nitrogens with one attached hydrogen (secondary N) is 1. The van der Waals surface area contributed by atoms with Gasteiger partial charge in [-0.25, -0.2) is 0 Å². The topological polar surface area (TPSA) is 108 Å². The third-order valence-electron chi connectivity index (χ3n) is 13.8. The molecular weight excluding hydrogens is 888 g/mol. The minimum Gasteiger partial charge on any atom is -0.756 e. The summed E-state index contributed by atoms with van der Waals surface area (Å²) in [5.41, 5.74) is 0. The van der Waals surface area contributed by atoms with Gasteiger partial charge in [-0.2, -0.15) is 0 Å². The Morgan fingerprint density at radius 1 is 0.486 bits per heavy atom. The van der Waals surface area contributed by atoms with Crippen LogP contribution in [0, 0.1) is 0 Å². The molecule has 0 bridgehead atoms. The number of aliphatic hydroxyl groups is 1. The molecule has 0 fully saturated rings. The Morgan fingerprint density at radius 2 is 0.800 bits per heavy atom. The highest BCUT2D eigenvalue weighted by Gasteiger charge is 2.23. The molecule has 414 valence electrons. The van der Waals surface area contributed by atoms with Crippen LogP contribution in [-0.4, -0.2) is 68.5 Å². The number of phosphoric ester groups is 1. The van der Waals surface area contributed by atoms with Crippen molar-refractivity contribution < 1.29 is 32.9 Å². The average Bonchev–Trinajstić information content (AvgIpc) is 3.32. The number of carbonyl (C=O) groups excluding carboxylic acids is 1. The Bertz CT molecular complexity index is 1230. The summed E-state index contributed by atoms with van der Waals surface area (Å²) in [7, 11) is 1.24. The number of likely N-dealkylation sites (N-methyl/N-ethyl adjacent to an activating group) is 1. The van der Waals surface area contributed by atoms with Crippen molar-refractivity contribution in [2.75, 3.05) is 40.9 Å². The van der Waals surface area contributed by atoms with Gasteiger partial charge in [0.05, 0.1) is 39.9 Å². The van der Waals surface area contributed by atoms with E-state index in [0.717, 1.165) is 44.9 Å². The van der Waals surface area contributed by atoms with Crippen LogP contribution in [-0.2, 0) is 18.4 Å². The number of amides is 1. The molecule has 3 atom stereocenters. The van der Waals surface area contributed by atoms with E-state index in [1.807, 2.05) is 27.2 Å². The van der Waals surface area contributed by atoms with E-state index < -0.39 is 26.6 Å². The number of aliphatic hydroxyl groups excluding tert-OH is 1. The van der Waals surface area contributed by atoms with Gasteiger partial charge in [0, 0.05) is 6.42 Å². The van der Waals surface area contributed by atoms with Crippen molar-refractivity contribution in [3.05, 3.63) is 36.5 Å². The van der Waals surface area contributed by atoms with Gasteiger partial charge in [-0.15, -0.1) is 0 Å². The molecule has 0 aromatic heterocycles. The molecule has 0 aliphatic carbocycles. The lowest BCUT2D eigenvalue weighted by Gasteiger charge is -2.29. The molecular formula is C61H119N2O6P. The maximum absolute atomic E-state index is 13.0. The van der Waals surface area contributed by atoms with Crippen molar-refractivity contribution in [3.8, 4) is 0 Å². The number of carbonyl (C=O) groups is 1. The number of nitrogens with zero attached hydrogens (tertiary/aromatic N) is 1. The van der Waals surface area contributed by atoms with E-state index in [1.54, 1.807) is 6.08 Å². The van der Waals surface area contributed by atoms with Crippen LogP contribution in [0.2, 0.25) is 0 Å². The molecule has 0 radical (unpaired) electrons. The fourth-order valence-corrected chi connectivity index (χ4v) is 9.79. The zero-order valence-electron chi connectivity index (χ0n) is 47.2. The van der Waals surface area contributed by atoms with Gasteiger partial charge in [-0.05, 0) is 44.9 Å². The summed E-state index contributed by atoms with van der Waals surface area (Å²) in [6.45, 7) is 4.64. The van der Waals surface area contributed by atoms with E-state index in [9.17, 15) is 19.4 Å². The normalized spacial score (nSPS) is 14.1.